The number of anilines is 1. The van der Waals surface area contributed by atoms with Crippen molar-refractivity contribution in [2.24, 2.45) is 34.5 Å². The summed E-state index contributed by atoms with van der Waals surface area (Å²) in [5, 5.41) is 19.4. The van der Waals surface area contributed by atoms with E-state index in [1.807, 2.05) is 10.8 Å². The van der Waals surface area contributed by atoms with Crippen LogP contribution in [0.25, 0.3) is 11.2 Å². The Morgan fingerprint density at radius 3 is 2.82 bits per heavy atom. The van der Waals surface area contributed by atoms with Crippen LogP contribution in [0.15, 0.2) is 12.5 Å². The standard InChI is InChI=1S/C27H35ClN8O2/c1-26-7-5-16(37)9-14(26)3-4-17-18(26)6-8-27(2)19(17)10-20(22(27)38)36-12-15(33-34-36)11-35-13-30-21-23(28)31-25(29)32-24(21)35/h12-14,16-20,37H,3-11H2,1-2H3,(H2,29,31,32)/t14-,16-,17+,18-,19-,20-,26-,27-/m0/s1. The molecule has 0 aliphatic heterocycles. The summed E-state index contributed by atoms with van der Waals surface area (Å²) in [6.07, 6.45) is 11.6. The summed E-state index contributed by atoms with van der Waals surface area (Å²) in [7, 11) is 0. The fourth-order valence-corrected chi connectivity index (χ4v) is 9.23. The predicted molar refractivity (Wildman–Crippen MR) is 141 cm³/mol. The van der Waals surface area contributed by atoms with Gasteiger partial charge >= 0.3 is 0 Å². The van der Waals surface area contributed by atoms with Crippen LogP contribution < -0.4 is 5.73 Å². The van der Waals surface area contributed by atoms with Crippen molar-refractivity contribution in [1.29, 1.82) is 0 Å². The number of halogens is 1. The van der Waals surface area contributed by atoms with Gasteiger partial charge in [-0.25, -0.2) is 9.67 Å². The molecule has 7 rings (SSSR count). The lowest BCUT2D eigenvalue weighted by Gasteiger charge is -2.60. The first-order valence-electron chi connectivity index (χ1n) is 13.9. The first kappa shape index (κ1) is 24.5. The van der Waals surface area contributed by atoms with Crippen LogP contribution in [0.4, 0.5) is 5.95 Å². The van der Waals surface area contributed by atoms with Crippen LogP contribution in [0, 0.1) is 34.5 Å². The van der Waals surface area contributed by atoms with E-state index in [4.69, 9.17) is 17.3 Å². The average molecular weight is 539 g/mol. The van der Waals surface area contributed by atoms with E-state index in [1.165, 1.54) is 12.8 Å². The number of hydrogen-bond donors (Lipinski definition) is 2. The van der Waals surface area contributed by atoms with Crippen molar-refractivity contribution in [1.82, 2.24) is 34.5 Å². The lowest BCUT2D eigenvalue weighted by Crippen LogP contribution is -2.54. The number of aliphatic hydroxyl groups is 1. The Morgan fingerprint density at radius 2 is 1.97 bits per heavy atom. The molecule has 11 heteroatoms. The predicted octanol–water partition coefficient (Wildman–Crippen LogP) is 3.83. The fraction of sp³-hybridized carbons (Fsp3) is 0.704. The molecule has 3 aromatic rings. The van der Waals surface area contributed by atoms with E-state index in [2.05, 4.69) is 39.1 Å². The first-order chi connectivity index (χ1) is 18.2. The number of aliphatic hydroxyl groups excluding tert-OH is 1. The summed E-state index contributed by atoms with van der Waals surface area (Å²) in [5.41, 5.74) is 7.52. The Kier molecular flexibility index (Phi) is 5.44. The number of Topliss-reactive ketones (excluding diaryl/α,β-unsaturated/α-hetero) is 1. The second-order valence-electron chi connectivity index (χ2n) is 12.8. The Labute approximate surface area is 226 Å². The van der Waals surface area contributed by atoms with Gasteiger partial charge in [0, 0.05) is 5.41 Å². The molecule has 202 valence electrons. The van der Waals surface area contributed by atoms with E-state index in [1.54, 1.807) is 11.0 Å². The van der Waals surface area contributed by atoms with Crippen LogP contribution in [-0.4, -0.2) is 51.5 Å². The Morgan fingerprint density at radius 1 is 1.13 bits per heavy atom. The van der Waals surface area contributed by atoms with Crippen molar-refractivity contribution in [3.63, 3.8) is 0 Å². The largest absolute Gasteiger partial charge is 0.393 e. The molecule has 0 amide bonds. The molecule has 4 fully saturated rings. The monoisotopic (exact) mass is 538 g/mol. The smallest absolute Gasteiger partial charge is 0.223 e. The van der Waals surface area contributed by atoms with E-state index in [0.717, 1.165) is 44.2 Å². The molecule has 4 saturated carbocycles. The van der Waals surface area contributed by atoms with Gasteiger partial charge < -0.3 is 15.4 Å². The lowest BCUT2D eigenvalue weighted by atomic mass is 9.45. The van der Waals surface area contributed by atoms with Crippen molar-refractivity contribution < 1.29 is 9.90 Å². The van der Waals surface area contributed by atoms with Crippen molar-refractivity contribution in [3.05, 3.63) is 23.4 Å². The normalized spacial score (nSPS) is 38.7. The second-order valence-corrected chi connectivity index (χ2v) is 13.1. The molecule has 0 radical (unpaired) electrons. The Hall–Kier alpha value is -2.59. The highest BCUT2D eigenvalue weighted by Crippen LogP contribution is 2.66. The number of carbonyl (C=O) groups excluding carboxylic acids is 1. The minimum atomic E-state index is -0.304. The summed E-state index contributed by atoms with van der Waals surface area (Å²) < 4.78 is 3.60. The lowest BCUT2D eigenvalue weighted by molar-refractivity contribution is -0.143. The van der Waals surface area contributed by atoms with Gasteiger partial charge in [0.25, 0.3) is 0 Å². The summed E-state index contributed by atoms with van der Waals surface area (Å²) >= 11 is 6.17. The molecule has 4 aliphatic carbocycles. The summed E-state index contributed by atoms with van der Waals surface area (Å²) in [4.78, 5) is 26.5. The quantitative estimate of drug-likeness (QED) is 0.480. The van der Waals surface area contributed by atoms with Gasteiger partial charge in [0.15, 0.2) is 16.6 Å². The number of rotatable bonds is 3. The molecule has 3 N–H and O–H groups in total. The molecule has 10 nitrogen and oxygen atoms in total. The van der Waals surface area contributed by atoms with Crippen molar-refractivity contribution in [2.45, 2.75) is 83.9 Å². The van der Waals surface area contributed by atoms with Crippen LogP contribution in [0.2, 0.25) is 5.15 Å². The zero-order valence-corrected chi connectivity index (χ0v) is 22.7. The Balaban J connectivity index is 1.13. The maximum absolute atomic E-state index is 13.9. The third kappa shape index (κ3) is 3.48. The van der Waals surface area contributed by atoms with Gasteiger partial charge in [0.1, 0.15) is 17.3 Å². The topological polar surface area (TPSA) is 138 Å². The molecule has 0 aromatic carbocycles. The summed E-state index contributed by atoms with van der Waals surface area (Å²) in [5.74, 6) is 2.58. The molecule has 0 unspecified atom stereocenters. The number of hydrogen-bond acceptors (Lipinski definition) is 8. The van der Waals surface area contributed by atoms with Crippen LogP contribution in [0.5, 0.6) is 0 Å². The second kappa shape index (κ2) is 8.45. The molecule has 8 atom stereocenters. The highest BCUT2D eigenvalue weighted by molar-refractivity contribution is 6.33. The number of nitrogens with zero attached hydrogens (tertiary/aromatic N) is 7. The third-order valence-corrected chi connectivity index (χ3v) is 11.3. The third-order valence-electron chi connectivity index (χ3n) is 11.0. The molecule has 3 heterocycles. The maximum atomic E-state index is 13.9. The highest BCUT2D eigenvalue weighted by atomic mass is 35.5. The van der Waals surface area contributed by atoms with Crippen LogP contribution in [0.3, 0.4) is 0 Å². The molecule has 4 aliphatic rings. The number of ketones is 1. The van der Waals surface area contributed by atoms with E-state index in [0.29, 0.717) is 47.2 Å². The van der Waals surface area contributed by atoms with E-state index in [9.17, 15) is 9.90 Å². The van der Waals surface area contributed by atoms with Gasteiger partial charge in [-0.3, -0.25) is 4.79 Å². The highest BCUT2D eigenvalue weighted by Gasteiger charge is 2.62. The number of nitrogen functional groups attached to an aromatic ring is 1. The van der Waals surface area contributed by atoms with Crippen molar-refractivity contribution in [3.8, 4) is 0 Å². The molecule has 38 heavy (non-hydrogen) atoms. The van der Waals surface area contributed by atoms with E-state index < -0.39 is 0 Å². The zero-order chi connectivity index (χ0) is 26.4. The van der Waals surface area contributed by atoms with Crippen molar-refractivity contribution in [2.75, 3.05) is 5.73 Å². The van der Waals surface area contributed by atoms with Crippen LogP contribution >= 0.6 is 11.6 Å². The average Bonchev–Trinajstić information content (AvgIpc) is 3.57. The number of carbonyl (C=O) groups is 1. The molecule has 0 spiro atoms. The molecule has 0 bridgehead atoms. The molecule has 0 saturated heterocycles. The van der Waals surface area contributed by atoms with Gasteiger partial charge in [-0.1, -0.05) is 30.7 Å². The SMILES string of the molecule is C[C@]12CC[C@H](O)C[C@@H]1CC[C@@H]1[C@@H]2CC[C@]2(C)C(=O)[C@@H](n3cc(Cn4cnc5c(Cl)nc(N)nc54)nn3)C[C@@H]12. The number of imidazole rings is 1. The molecular formula is C27H35ClN8O2. The summed E-state index contributed by atoms with van der Waals surface area (Å²) in [6, 6.07) is -0.282. The van der Waals surface area contributed by atoms with Crippen LogP contribution in [-0.2, 0) is 11.3 Å². The zero-order valence-electron chi connectivity index (χ0n) is 21.9. The van der Waals surface area contributed by atoms with Gasteiger partial charge in [0.05, 0.1) is 25.2 Å². The van der Waals surface area contributed by atoms with Crippen LogP contribution in [0.1, 0.15) is 76.9 Å². The van der Waals surface area contributed by atoms with Crippen molar-refractivity contribution >= 4 is 34.5 Å². The fourth-order valence-electron chi connectivity index (χ4n) is 9.01. The number of fused-ring (bicyclic) bond motifs is 6. The van der Waals surface area contributed by atoms with E-state index in [-0.39, 0.29) is 34.1 Å². The van der Waals surface area contributed by atoms with Gasteiger partial charge in [-0.15, -0.1) is 5.10 Å². The molecule has 3 aromatic heterocycles. The van der Waals surface area contributed by atoms with Gasteiger partial charge in [-0.05, 0) is 80.5 Å². The minimum Gasteiger partial charge on any atom is -0.393 e. The molecular weight excluding hydrogens is 504 g/mol. The summed E-state index contributed by atoms with van der Waals surface area (Å²) in [6.45, 7) is 5.08. The van der Waals surface area contributed by atoms with E-state index >= 15 is 0 Å². The van der Waals surface area contributed by atoms with Gasteiger partial charge in [0.2, 0.25) is 5.95 Å². The minimum absolute atomic E-state index is 0.0888. The Bertz CT molecular complexity index is 1420. The first-order valence-corrected chi connectivity index (χ1v) is 14.3. The number of aromatic nitrogens is 7. The maximum Gasteiger partial charge on any atom is 0.223 e. The van der Waals surface area contributed by atoms with Gasteiger partial charge in [-0.2, -0.15) is 9.97 Å². The number of nitrogens with two attached hydrogens (primary N) is 1.